The van der Waals surface area contributed by atoms with E-state index in [4.69, 9.17) is 23.2 Å². The molecule has 21 heavy (non-hydrogen) atoms. The van der Waals surface area contributed by atoms with Crippen LogP contribution in [0, 0.1) is 0 Å². The van der Waals surface area contributed by atoms with Gasteiger partial charge in [-0.2, -0.15) is 0 Å². The predicted octanol–water partition coefficient (Wildman–Crippen LogP) is 7.41. The quantitative estimate of drug-likeness (QED) is 0.276. The minimum atomic E-state index is 0.260. The SMILES string of the molecule is CCCCCCCCCCCC(Cl)Cc1ccc(Cl)cc1. The van der Waals surface area contributed by atoms with Gasteiger partial charge in [0.2, 0.25) is 0 Å². The van der Waals surface area contributed by atoms with Crippen molar-refractivity contribution in [3.05, 3.63) is 34.9 Å². The zero-order valence-electron chi connectivity index (χ0n) is 13.4. The topological polar surface area (TPSA) is 0 Å². The second-order valence-electron chi connectivity index (χ2n) is 6.04. The number of alkyl halides is 1. The maximum absolute atomic E-state index is 6.42. The number of halogens is 2. The van der Waals surface area contributed by atoms with Crippen molar-refractivity contribution in [1.82, 2.24) is 0 Å². The van der Waals surface area contributed by atoms with Gasteiger partial charge in [-0.05, 0) is 30.5 Å². The van der Waals surface area contributed by atoms with Crippen LogP contribution in [0.25, 0.3) is 0 Å². The number of hydrogen-bond donors (Lipinski definition) is 0. The summed E-state index contributed by atoms with van der Waals surface area (Å²) in [6.45, 7) is 2.27. The molecule has 120 valence electrons. The molecule has 1 rings (SSSR count). The van der Waals surface area contributed by atoms with Crippen LogP contribution in [0.4, 0.5) is 0 Å². The first-order valence-electron chi connectivity index (χ1n) is 8.61. The third-order valence-electron chi connectivity index (χ3n) is 3.99. The number of unbranched alkanes of at least 4 members (excludes halogenated alkanes) is 8. The molecule has 0 aliphatic rings. The Morgan fingerprint density at radius 2 is 1.33 bits per heavy atom. The average Bonchev–Trinajstić information content (AvgIpc) is 2.48. The van der Waals surface area contributed by atoms with E-state index in [1.165, 1.54) is 63.4 Å². The Morgan fingerprint density at radius 1 is 0.810 bits per heavy atom. The molecule has 2 heteroatoms. The fourth-order valence-corrected chi connectivity index (χ4v) is 3.11. The van der Waals surface area contributed by atoms with Gasteiger partial charge >= 0.3 is 0 Å². The molecule has 0 heterocycles. The lowest BCUT2D eigenvalue weighted by Crippen LogP contribution is -2.03. The number of hydrogen-bond acceptors (Lipinski definition) is 0. The van der Waals surface area contributed by atoms with Crippen LogP contribution in [0.1, 0.15) is 76.7 Å². The molecule has 0 amide bonds. The van der Waals surface area contributed by atoms with Crippen molar-refractivity contribution in [3.63, 3.8) is 0 Å². The summed E-state index contributed by atoms with van der Waals surface area (Å²) in [5, 5.41) is 1.06. The van der Waals surface area contributed by atoms with Crippen molar-refractivity contribution < 1.29 is 0 Å². The molecular formula is C19H30Cl2. The highest BCUT2D eigenvalue weighted by molar-refractivity contribution is 6.30. The zero-order valence-corrected chi connectivity index (χ0v) is 14.9. The summed E-state index contributed by atoms with van der Waals surface area (Å²) in [5.74, 6) is 0. The van der Waals surface area contributed by atoms with E-state index in [0.29, 0.717) is 0 Å². The molecule has 1 aromatic carbocycles. The second kappa shape index (κ2) is 12.4. The normalized spacial score (nSPS) is 12.5. The highest BCUT2D eigenvalue weighted by Gasteiger charge is 2.05. The van der Waals surface area contributed by atoms with Gasteiger partial charge in [0.15, 0.2) is 0 Å². The van der Waals surface area contributed by atoms with Crippen molar-refractivity contribution in [3.8, 4) is 0 Å². The molecular weight excluding hydrogens is 299 g/mol. The van der Waals surface area contributed by atoms with Crippen LogP contribution in [-0.4, -0.2) is 5.38 Å². The van der Waals surface area contributed by atoms with E-state index >= 15 is 0 Å². The van der Waals surface area contributed by atoms with Crippen molar-refractivity contribution in [2.45, 2.75) is 82.9 Å². The van der Waals surface area contributed by atoms with Gasteiger partial charge in [-0.3, -0.25) is 0 Å². The van der Waals surface area contributed by atoms with Crippen LogP contribution in [0.5, 0.6) is 0 Å². The van der Waals surface area contributed by atoms with Gasteiger partial charge in [-0.1, -0.05) is 88.4 Å². The number of benzene rings is 1. The van der Waals surface area contributed by atoms with Crippen LogP contribution in [0.3, 0.4) is 0 Å². The van der Waals surface area contributed by atoms with E-state index in [0.717, 1.165) is 17.9 Å². The lowest BCUT2D eigenvalue weighted by atomic mass is 10.0. The van der Waals surface area contributed by atoms with E-state index in [2.05, 4.69) is 19.1 Å². The second-order valence-corrected chi connectivity index (χ2v) is 7.10. The molecule has 0 spiro atoms. The molecule has 0 saturated heterocycles. The Balaban J connectivity index is 1.96. The first-order chi connectivity index (χ1) is 10.2. The van der Waals surface area contributed by atoms with Gasteiger partial charge in [0.05, 0.1) is 0 Å². The van der Waals surface area contributed by atoms with Crippen molar-refractivity contribution in [1.29, 1.82) is 0 Å². The largest absolute Gasteiger partial charge is 0.123 e. The molecule has 0 saturated carbocycles. The summed E-state index contributed by atoms with van der Waals surface area (Å²) < 4.78 is 0. The van der Waals surface area contributed by atoms with Crippen LogP contribution >= 0.6 is 23.2 Å². The first-order valence-corrected chi connectivity index (χ1v) is 9.42. The molecule has 0 aromatic heterocycles. The summed E-state index contributed by atoms with van der Waals surface area (Å²) in [6.07, 6.45) is 14.4. The molecule has 1 unspecified atom stereocenters. The van der Waals surface area contributed by atoms with E-state index < -0.39 is 0 Å². The van der Waals surface area contributed by atoms with Crippen LogP contribution in [0.2, 0.25) is 5.02 Å². The summed E-state index contributed by atoms with van der Waals surface area (Å²) >= 11 is 12.3. The molecule has 0 fully saturated rings. The van der Waals surface area contributed by atoms with Crippen molar-refractivity contribution >= 4 is 23.2 Å². The van der Waals surface area contributed by atoms with Gasteiger partial charge in [0, 0.05) is 10.4 Å². The van der Waals surface area contributed by atoms with E-state index in [1.54, 1.807) is 0 Å². The fraction of sp³-hybridized carbons (Fsp3) is 0.684. The summed E-state index contributed by atoms with van der Waals surface area (Å²) in [6, 6.07) is 8.04. The Kier molecular flexibility index (Phi) is 11.1. The Labute approximate surface area is 141 Å². The number of rotatable bonds is 12. The maximum Gasteiger partial charge on any atom is 0.0406 e. The van der Waals surface area contributed by atoms with Crippen LogP contribution < -0.4 is 0 Å². The monoisotopic (exact) mass is 328 g/mol. The van der Waals surface area contributed by atoms with E-state index in [1.807, 2.05) is 12.1 Å². The van der Waals surface area contributed by atoms with Gasteiger partial charge in [-0.15, -0.1) is 11.6 Å². The van der Waals surface area contributed by atoms with Gasteiger partial charge in [-0.25, -0.2) is 0 Å². The Bertz CT molecular complexity index is 345. The molecule has 0 N–H and O–H groups in total. The maximum atomic E-state index is 6.42. The Morgan fingerprint density at radius 3 is 1.90 bits per heavy atom. The molecule has 0 aliphatic carbocycles. The van der Waals surface area contributed by atoms with Crippen LogP contribution in [0.15, 0.2) is 24.3 Å². The van der Waals surface area contributed by atoms with Crippen molar-refractivity contribution in [2.24, 2.45) is 0 Å². The average molecular weight is 329 g/mol. The third kappa shape index (κ3) is 10.2. The Hall–Kier alpha value is -0.200. The van der Waals surface area contributed by atoms with Crippen molar-refractivity contribution in [2.75, 3.05) is 0 Å². The predicted molar refractivity (Wildman–Crippen MR) is 96.6 cm³/mol. The van der Waals surface area contributed by atoms with Gasteiger partial charge < -0.3 is 0 Å². The molecule has 0 aliphatic heterocycles. The third-order valence-corrected chi connectivity index (χ3v) is 4.62. The smallest absolute Gasteiger partial charge is 0.0406 e. The van der Waals surface area contributed by atoms with Crippen LogP contribution in [-0.2, 0) is 6.42 Å². The molecule has 0 bridgehead atoms. The molecule has 0 nitrogen and oxygen atoms in total. The molecule has 1 aromatic rings. The minimum Gasteiger partial charge on any atom is -0.123 e. The zero-order chi connectivity index (χ0) is 15.3. The van der Waals surface area contributed by atoms with Gasteiger partial charge in [0.25, 0.3) is 0 Å². The fourth-order valence-electron chi connectivity index (χ4n) is 2.65. The minimum absolute atomic E-state index is 0.260. The highest BCUT2D eigenvalue weighted by Crippen LogP contribution is 2.18. The van der Waals surface area contributed by atoms with E-state index in [9.17, 15) is 0 Å². The van der Waals surface area contributed by atoms with Gasteiger partial charge in [0.1, 0.15) is 0 Å². The standard InChI is InChI=1S/C19H30Cl2/c1-2-3-4-5-6-7-8-9-10-11-19(21)16-17-12-14-18(20)15-13-17/h12-15,19H,2-11,16H2,1H3. The lowest BCUT2D eigenvalue weighted by molar-refractivity contribution is 0.551. The lowest BCUT2D eigenvalue weighted by Gasteiger charge is -2.09. The summed E-state index contributed by atoms with van der Waals surface area (Å²) in [5.41, 5.74) is 1.29. The molecule has 1 atom stereocenters. The molecule has 0 radical (unpaired) electrons. The summed E-state index contributed by atoms with van der Waals surface area (Å²) in [7, 11) is 0. The van der Waals surface area contributed by atoms with E-state index in [-0.39, 0.29) is 5.38 Å². The first kappa shape index (κ1) is 18.8. The highest BCUT2D eigenvalue weighted by atomic mass is 35.5. The summed E-state index contributed by atoms with van der Waals surface area (Å²) in [4.78, 5) is 0.